The van der Waals surface area contributed by atoms with Gasteiger partial charge in [0.1, 0.15) is 5.69 Å². The van der Waals surface area contributed by atoms with Crippen molar-refractivity contribution in [2.45, 2.75) is 50.0 Å². The molecule has 1 saturated heterocycles. The Bertz CT molecular complexity index is 806. The lowest BCUT2D eigenvalue weighted by atomic mass is 9.88. The lowest BCUT2D eigenvalue weighted by Gasteiger charge is -2.27. The van der Waals surface area contributed by atoms with E-state index in [4.69, 9.17) is 0 Å². The number of nitro groups is 1. The van der Waals surface area contributed by atoms with Crippen molar-refractivity contribution in [3.63, 3.8) is 0 Å². The lowest BCUT2D eigenvalue weighted by molar-refractivity contribution is -0.384. The Morgan fingerprint density at radius 1 is 1.11 bits per heavy atom. The van der Waals surface area contributed by atoms with Gasteiger partial charge in [-0.25, -0.2) is 13.1 Å². The molecule has 1 N–H and O–H groups in total. The number of hydrogen-bond donors (Lipinski definition) is 1. The summed E-state index contributed by atoms with van der Waals surface area (Å²) in [6.07, 6.45) is 4.52. The Balaban J connectivity index is 1.82. The van der Waals surface area contributed by atoms with Gasteiger partial charge in [0.05, 0.1) is 9.82 Å². The number of sulfonamides is 1. The Hall–Kier alpha value is -1.71. The molecule has 0 amide bonds. The van der Waals surface area contributed by atoms with Crippen LogP contribution in [0.1, 0.15) is 39.0 Å². The molecule has 3 rings (SSSR count). The number of nitrogens with one attached hydrogen (secondary N) is 1. The monoisotopic (exact) mass is 410 g/mol. The minimum Gasteiger partial charge on any atom is -0.365 e. The van der Waals surface area contributed by atoms with E-state index >= 15 is 0 Å². The third-order valence-electron chi connectivity index (χ3n) is 5.85. The highest BCUT2D eigenvalue weighted by Crippen LogP contribution is 2.32. The number of hydrogen-bond acceptors (Lipinski definition) is 6. The van der Waals surface area contributed by atoms with Crippen LogP contribution in [0, 0.1) is 16.0 Å². The summed E-state index contributed by atoms with van der Waals surface area (Å²) >= 11 is 0. The minimum atomic E-state index is -3.78. The molecule has 1 aromatic carbocycles. The smallest absolute Gasteiger partial charge is 0.293 e. The first-order valence-electron chi connectivity index (χ1n) is 10.0. The summed E-state index contributed by atoms with van der Waals surface area (Å²) in [5.41, 5.74) is 0.343. The zero-order chi connectivity index (χ0) is 20.3. The van der Waals surface area contributed by atoms with E-state index in [1.165, 1.54) is 12.1 Å². The SMILES string of the molecule is CC1CCC(NS(=O)(=O)c2ccc(N3CCCN(C)CC3)c([N+](=O)[O-])c2)CC1. The molecule has 1 heterocycles. The maximum atomic E-state index is 12.8. The third-order valence-corrected chi connectivity index (χ3v) is 7.37. The van der Waals surface area contributed by atoms with Gasteiger partial charge < -0.3 is 9.80 Å². The molecule has 9 heteroatoms. The molecule has 1 aliphatic carbocycles. The van der Waals surface area contributed by atoms with Gasteiger partial charge in [0, 0.05) is 31.7 Å². The van der Waals surface area contributed by atoms with Crippen LogP contribution in [0.15, 0.2) is 23.1 Å². The van der Waals surface area contributed by atoms with Crippen molar-refractivity contribution in [2.75, 3.05) is 38.1 Å². The largest absolute Gasteiger partial charge is 0.365 e. The number of rotatable bonds is 5. The zero-order valence-corrected chi connectivity index (χ0v) is 17.5. The van der Waals surface area contributed by atoms with E-state index < -0.39 is 14.9 Å². The quantitative estimate of drug-likeness (QED) is 0.592. The lowest BCUT2D eigenvalue weighted by Crippen LogP contribution is -2.37. The fourth-order valence-electron chi connectivity index (χ4n) is 4.04. The van der Waals surface area contributed by atoms with Crippen molar-refractivity contribution in [2.24, 2.45) is 5.92 Å². The molecule has 28 heavy (non-hydrogen) atoms. The van der Waals surface area contributed by atoms with Crippen molar-refractivity contribution >= 4 is 21.4 Å². The molecule has 0 aromatic heterocycles. The number of anilines is 1. The van der Waals surface area contributed by atoms with Gasteiger partial charge in [-0.1, -0.05) is 6.92 Å². The molecule has 0 bridgehead atoms. The molecule has 0 spiro atoms. The Morgan fingerprint density at radius 2 is 1.82 bits per heavy atom. The average molecular weight is 411 g/mol. The first-order valence-corrected chi connectivity index (χ1v) is 11.5. The molecule has 0 radical (unpaired) electrons. The Morgan fingerprint density at radius 3 is 2.50 bits per heavy atom. The standard InChI is InChI=1S/C19H30N4O4S/c1-15-4-6-16(7-5-15)20-28(26,27)17-8-9-18(19(14-17)23(24)25)22-11-3-10-21(2)12-13-22/h8-9,14-16,20H,3-7,10-13H2,1-2H3. The van der Waals surface area contributed by atoms with Crippen molar-refractivity contribution in [1.29, 1.82) is 0 Å². The van der Waals surface area contributed by atoms with Crippen LogP contribution >= 0.6 is 0 Å². The summed E-state index contributed by atoms with van der Waals surface area (Å²) in [5.74, 6) is 0.619. The highest BCUT2D eigenvalue weighted by atomic mass is 32.2. The van der Waals surface area contributed by atoms with Crippen molar-refractivity contribution in [1.82, 2.24) is 9.62 Å². The molecule has 1 saturated carbocycles. The number of nitrogens with zero attached hydrogens (tertiary/aromatic N) is 3. The van der Waals surface area contributed by atoms with Crippen LogP contribution in [-0.4, -0.2) is 57.5 Å². The highest BCUT2D eigenvalue weighted by molar-refractivity contribution is 7.89. The van der Waals surface area contributed by atoms with E-state index in [0.29, 0.717) is 18.2 Å². The van der Waals surface area contributed by atoms with Crippen LogP contribution in [-0.2, 0) is 10.0 Å². The van der Waals surface area contributed by atoms with E-state index in [2.05, 4.69) is 16.5 Å². The maximum Gasteiger partial charge on any atom is 0.293 e. The zero-order valence-electron chi connectivity index (χ0n) is 16.6. The molecule has 1 aliphatic heterocycles. The van der Waals surface area contributed by atoms with Gasteiger partial charge in [0.15, 0.2) is 0 Å². The first kappa shape index (κ1) is 21.0. The summed E-state index contributed by atoms with van der Waals surface area (Å²) in [6.45, 7) is 5.34. The number of nitro benzene ring substituents is 1. The normalized spacial score (nSPS) is 24.7. The van der Waals surface area contributed by atoms with E-state index in [9.17, 15) is 18.5 Å². The summed E-state index contributed by atoms with van der Waals surface area (Å²) < 4.78 is 28.3. The van der Waals surface area contributed by atoms with Crippen LogP contribution in [0.25, 0.3) is 0 Å². The summed E-state index contributed by atoms with van der Waals surface area (Å²) in [5, 5.41) is 11.7. The van der Waals surface area contributed by atoms with Crippen LogP contribution in [0.5, 0.6) is 0 Å². The first-order chi connectivity index (χ1) is 13.3. The number of likely N-dealkylation sites (N-methyl/N-ethyl adjacent to an activating group) is 1. The van der Waals surface area contributed by atoms with Crippen LogP contribution in [0.3, 0.4) is 0 Å². The average Bonchev–Trinajstić information content (AvgIpc) is 2.87. The molecule has 8 nitrogen and oxygen atoms in total. The molecule has 0 atom stereocenters. The topological polar surface area (TPSA) is 95.8 Å². The van der Waals surface area contributed by atoms with Crippen molar-refractivity contribution < 1.29 is 13.3 Å². The second kappa shape index (κ2) is 8.75. The minimum absolute atomic E-state index is 0.0338. The van der Waals surface area contributed by atoms with E-state index in [-0.39, 0.29) is 16.6 Å². The van der Waals surface area contributed by atoms with Crippen molar-refractivity contribution in [3.05, 3.63) is 28.3 Å². The molecule has 2 aliphatic rings. The summed E-state index contributed by atoms with van der Waals surface area (Å²) in [6, 6.07) is 4.18. The van der Waals surface area contributed by atoms with Crippen LogP contribution in [0.4, 0.5) is 11.4 Å². The van der Waals surface area contributed by atoms with Gasteiger partial charge in [0.2, 0.25) is 10.0 Å². The summed E-state index contributed by atoms with van der Waals surface area (Å²) in [4.78, 5) is 15.3. The van der Waals surface area contributed by atoms with E-state index in [1.807, 2.05) is 11.9 Å². The Kier molecular flexibility index (Phi) is 6.57. The van der Waals surface area contributed by atoms with E-state index in [1.54, 1.807) is 6.07 Å². The van der Waals surface area contributed by atoms with Crippen LogP contribution in [0.2, 0.25) is 0 Å². The number of benzene rings is 1. The van der Waals surface area contributed by atoms with Gasteiger partial charge >= 0.3 is 0 Å². The maximum absolute atomic E-state index is 12.8. The van der Waals surface area contributed by atoms with Gasteiger partial charge in [0.25, 0.3) is 5.69 Å². The predicted octanol–water partition coefficient (Wildman–Crippen LogP) is 2.59. The molecule has 156 valence electrons. The van der Waals surface area contributed by atoms with Gasteiger partial charge in [-0.2, -0.15) is 0 Å². The molecule has 0 unspecified atom stereocenters. The van der Waals surface area contributed by atoms with Crippen molar-refractivity contribution in [3.8, 4) is 0 Å². The van der Waals surface area contributed by atoms with Gasteiger partial charge in [-0.15, -0.1) is 0 Å². The van der Waals surface area contributed by atoms with Gasteiger partial charge in [-0.05, 0) is 63.7 Å². The van der Waals surface area contributed by atoms with Gasteiger partial charge in [-0.3, -0.25) is 10.1 Å². The predicted molar refractivity (Wildman–Crippen MR) is 109 cm³/mol. The second-order valence-electron chi connectivity index (χ2n) is 8.13. The highest BCUT2D eigenvalue weighted by Gasteiger charge is 2.28. The third kappa shape index (κ3) is 5.01. The molecular formula is C19H30N4O4S. The fourth-order valence-corrected chi connectivity index (χ4v) is 5.36. The Labute approximate surface area is 167 Å². The molecule has 1 aromatic rings. The summed E-state index contributed by atoms with van der Waals surface area (Å²) in [7, 11) is -1.75. The van der Waals surface area contributed by atoms with Crippen LogP contribution < -0.4 is 9.62 Å². The molecule has 2 fully saturated rings. The van der Waals surface area contributed by atoms with E-state index in [0.717, 1.165) is 51.7 Å². The fraction of sp³-hybridized carbons (Fsp3) is 0.684. The molecular weight excluding hydrogens is 380 g/mol. The second-order valence-corrected chi connectivity index (χ2v) is 9.84.